The van der Waals surface area contributed by atoms with Crippen LogP contribution >= 0.6 is 0 Å². The first kappa shape index (κ1) is 22.9. The number of hydrogen-bond donors (Lipinski definition) is 2. The SMILES string of the molecule is CCC[C@H](Nc1cc(-c2c(N)nn3cccnc23)nc(N2CCOCC2)n1)c1ccc(F)cc1F. The van der Waals surface area contributed by atoms with Crippen molar-refractivity contribution >= 4 is 23.2 Å². The van der Waals surface area contributed by atoms with E-state index in [1.165, 1.54) is 12.1 Å². The molecule has 3 N–H and O–H groups in total. The molecule has 0 amide bonds. The Morgan fingerprint density at radius 2 is 2.00 bits per heavy atom. The van der Waals surface area contributed by atoms with E-state index < -0.39 is 17.7 Å². The number of morpholine rings is 1. The summed E-state index contributed by atoms with van der Waals surface area (Å²) in [6.45, 7) is 4.41. The van der Waals surface area contributed by atoms with Crippen LogP contribution in [0.25, 0.3) is 16.9 Å². The van der Waals surface area contributed by atoms with Crippen molar-refractivity contribution in [1.29, 1.82) is 0 Å². The molecule has 5 rings (SSSR count). The number of fused-ring (bicyclic) bond motifs is 1. The molecule has 0 unspecified atom stereocenters. The van der Waals surface area contributed by atoms with Crippen molar-refractivity contribution in [3.63, 3.8) is 0 Å². The molecule has 4 aromatic rings. The van der Waals surface area contributed by atoms with Crippen LogP contribution in [0.5, 0.6) is 0 Å². The van der Waals surface area contributed by atoms with Gasteiger partial charge in [0.2, 0.25) is 5.95 Å². The number of ether oxygens (including phenoxy) is 1. The maximum atomic E-state index is 14.7. The standard InChI is InChI=1S/C24H26F2N8O/c1-2-4-18(16-6-5-15(25)13-17(16)26)29-20-14-19(30-24(31-20)33-9-11-35-12-10-33)21-22(27)32-34-8-3-7-28-23(21)34/h3,5-8,13-14,18H,2,4,9-12H2,1H3,(H2,27,32)(H,29,30,31)/t18-/m0/s1. The fourth-order valence-electron chi connectivity index (χ4n) is 4.25. The Hall–Kier alpha value is -3.86. The summed E-state index contributed by atoms with van der Waals surface area (Å²) in [6.07, 6.45) is 4.83. The van der Waals surface area contributed by atoms with Crippen LogP contribution in [0.2, 0.25) is 0 Å². The second kappa shape index (κ2) is 9.79. The summed E-state index contributed by atoms with van der Waals surface area (Å²) < 4.78 is 35.3. The third-order valence-electron chi connectivity index (χ3n) is 5.92. The number of aromatic nitrogens is 5. The van der Waals surface area contributed by atoms with Gasteiger partial charge in [0.05, 0.1) is 30.5 Å². The molecule has 0 spiro atoms. The molecular formula is C24H26F2N8O. The number of anilines is 3. The highest BCUT2D eigenvalue weighted by Crippen LogP contribution is 2.33. The van der Waals surface area contributed by atoms with Gasteiger partial charge < -0.3 is 20.7 Å². The minimum absolute atomic E-state index is 0.288. The Labute approximate surface area is 201 Å². The first-order valence-electron chi connectivity index (χ1n) is 11.6. The van der Waals surface area contributed by atoms with Gasteiger partial charge in [-0.15, -0.1) is 5.10 Å². The van der Waals surface area contributed by atoms with Gasteiger partial charge in [-0.2, -0.15) is 4.98 Å². The second-order valence-electron chi connectivity index (χ2n) is 8.34. The van der Waals surface area contributed by atoms with Crippen LogP contribution in [-0.2, 0) is 4.74 Å². The molecule has 0 saturated carbocycles. The fourth-order valence-corrected chi connectivity index (χ4v) is 4.25. The summed E-state index contributed by atoms with van der Waals surface area (Å²) in [5.41, 5.74) is 8.34. The van der Waals surface area contributed by atoms with E-state index in [1.54, 1.807) is 29.0 Å². The van der Waals surface area contributed by atoms with Gasteiger partial charge in [0, 0.05) is 43.2 Å². The number of nitrogen functional groups attached to an aromatic ring is 1. The zero-order valence-electron chi connectivity index (χ0n) is 19.3. The van der Waals surface area contributed by atoms with E-state index in [2.05, 4.69) is 15.4 Å². The highest BCUT2D eigenvalue weighted by Gasteiger charge is 2.22. The highest BCUT2D eigenvalue weighted by molar-refractivity contribution is 5.85. The predicted molar refractivity (Wildman–Crippen MR) is 129 cm³/mol. The van der Waals surface area contributed by atoms with Crippen molar-refractivity contribution in [2.45, 2.75) is 25.8 Å². The Morgan fingerprint density at radius 1 is 1.17 bits per heavy atom. The van der Waals surface area contributed by atoms with E-state index in [1.807, 2.05) is 11.8 Å². The molecule has 4 heterocycles. The van der Waals surface area contributed by atoms with Crippen LogP contribution in [0.15, 0.2) is 42.7 Å². The van der Waals surface area contributed by atoms with Crippen molar-refractivity contribution < 1.29 is 13.5 Å². The predicted octanol–water partition coefficient (Wildman–Crippen LogP) is 3.84. The van der Waals surface area contributed by atoms with Gasteiger partial charge in [0.15, 0.2) is 11.5 Å². The van der Waals surface area contributed by atoms with Gasteiger partial charge in [-0.1, -0.05) is 19.4 Å². The monoisotopic (exact) mass is 480 g/mol. The lowest BCUT2D eigenvalue weighted by Crippen LogP contribution is -2.37. The first-order chi connectivity index (χ1) is 17.0. The average Bonchev–Trinajstić information content (AvgIpc) is 3.20. The van der Waals surface area contributed by atoms with Crippen molar-refractivity contribution in [2.75, 3.05) is 42.3 Å². The molecule has 1 aromatic carbocycles. The van der Waals surface area contributed by atoms with Gasteiger partial charge in [-0.25, -0.2) is 23.3 Å². The zero-order chi connectivity index (χ0) is 24.4. The molecule has 3 aromatic heterocycles. The zero-order valence-corrected chi connectivity index (χ0v) is 19.3. The highest BCUT2D eigenvalue weighted by atomic mass is 19.1. The number of benzene rings is 1. The maximum Gasteiger partial charge on any atom is 0.228 e. The summed E-state index contributed by atoms with van der Waals surface area (Å²) in [4.78, 5) is 16.0. The molecule has 11 heteroatoms. The van der Waals surface area contributed by atoms with Crippen LogP contribution in [0, 0.1) is 11.6 Å². The number of nitrogens with two attached hydrogens (primary N) is 1. The van der Waals surface area contributed by atoms with E-state index >= 15 is 0 Å². The van der Waals surface area contributed by atoms with Gasteiger partial charge in [-0.3, -0.25) is 0 Å². The number of halogens is 2. The van der Waals surface area contributed by atoms with Gasteiger partial charge in [0.1, 0.15) is 17.5 Å². The molecule has 1 aliphatic heterocycles. The molecule has 0 bridgehead atoms. The molecule has 1 saturated heterocycles. The van der Waals surface area contributed by atoms with Crippen molar-refractivity contribution in [2.24, 2.45) is 0 Å². The first-order valence-corrected chi connectivity index (χ1v) is 11.6. The average molecular weight is 481 g/mol. The van der Waals surface area contributed by atoms with E-state index in [0.717, 1.165) is 12.5 Å². The van der Waals surface area contributed by atoms with E-state index in [-0.39, 0.29) is 5.82 Å². The number of rotatable bonds is 7. The smallest absolute Gasteiger partial charge is 0.228 e. The lowest BCUT2D eigenvalue weighted by atomic mass is 10.0. The summed E-state index contributed by atoms with van der Waals surface area (Å²) in [5.74, 6) is 0.0633. The Morgan fingerprint density at radius 3 is 2.77 bits per heavy atom. The largest absolute Gasteiger partial charge is 0.382 e. The molecule has 0 aliphatic carbocycles. The summed E-state index contributed by atoms with van der Waals surface area (Å²) in [5, 5.41) is 7.70. The van der Waals surface area contributed by atoms with E-state index in [4.69, 9.17) is 20.4 Å². The van der Waals surface area contributed by atoms with Crippen LogP contribution < -0.4 is 16.0 Å². The summed E-state index contributed by atoms with van der Waals surface area (Å²) in [7, 11) is 0. The molecule has 1 fully saturated rings. The molecular weight excluding hydrogens is 454 g/mol. The van der Waals surface area contributed by atoms with Gasteiger partial charge in [-0.05, 0) is 18.6 Å². The lowest BCUT2D eigenvalue weighted by molar-refractivity contribution is 0.122. The van der Waals surface area contributed by atoms with Crippen LogP contribution in [0.3, 0.4) is 0 Å². The van der Waals surface area contributed by atoms with Crippen molar-refractivity contribution in [3.05, 3.63) is 59.9 Å². The van der Waals surface area contributed by atoms with Crippen LogP contribution in [0.4, 0.5) is 26.4 Å². The normalized spacial score (nSPS) is 14.9. The lowest BCUT2D eigenvalue weighted by Gasteiger charge is -2.28. The third kappa shape index (κ3) is 4.72. The van der Waals surface area contributed by atoms with Crippen LogP contribution in [-0.4, -0.2) is 50.9 Å². The van der Waals surface area contributed by atoms with Crippen molar-refractivity contribution in [1.82, 2.24) is 24.6 Å². The molecule has 9 nitrogen and oxygen atoms in total. The fraction of sp³-hybridized carbons (Fsp3) is 0.333. The second-order valence-corrected chi connectivity index (χ2v) is 8.34. The summed E-state index contributed by atoms with van der Waals surface area (Å²) in [6, 6.07) is 6.74. The Bertz CT molecular complexity index is 1340. The molecule has 1 aliphatic rings. The molecule has 35 heavy (non-hydrogen) atoms. The quantitative estimate of drug-likeness (QED) is 0.411. The van der Waals surface area contributed by atoms with Crippen molar-refractivity contribution in [3.8, 4) is 11.3 Å². The van der Waals surface area contributed by atoms with E-state index in [0.29, 0.717) is 67.0 Å². The number of hydrogen-bond acceptors (Lipinski definition) is 8. The molecule has 182 valence electrons. The number of nitrogens with zero attached hydrogens (tertiary/aromatic N) is 6. The minimum Gasteiger partial charge on any atom is -0.382 e. The summed E-state index contributed by atoms with van der Waals surface area (Å²) >= 11 is 0. The minimum atomic E-state index is -0.614. The van der Waals surface area contributed by atoms with E-state index in [9.17, 15) is 8.78 Å². The van der Waals surface area contributed by atoms with Crippen LogP contribution in [0.1, 0.15) is 31.4 Å². The topological polar surface area (TPSA) is 106 Å². The van der Waals surface area contributed by atoms with Gasteiger partial charge >= 0.3 is 0 Å². The molecule has 0 radical (unpaired) electrons. The Balaban J connectivity index is 1.60. The third-order valence-corrected chi connectivity index (χ3v) is 5.92. The van der Waals surface area contributed by atoms with Gasteiger partial charge in [0.25, 0.3) is 0 Å². The maximum absolute atomic E-state index is 14.7. The number of nitrogens with one attached hydrogen (secondary N) is 1. The molecule has 1 atom stereocenters. The Kier molecular flexibility index (Phi) is 6.41.